The van der Waals surface area contributed by atoms with Crippen LogP contribution < -0.4 is 0 Å². The molecule has 0 aliphatic heterocycles. The van der Waals surface area contributed by atoms with Gasteiger partial charge in [-0.25, -0.2) is 0 Å². The Hall–Kier alpha value is -0.740. The predicted molar refractivity (Wildman–Crippen MR) is 26.0 cm³/mol. The summed E-state index contributed by atoms with van der Waals surface area (Å²) in [6.45, 7) is 0. The molecule has 0 aromatic rings. The smallest absolute Gasteiger partial charge is 0.186 e. The van der Waals surface area contributed by atoms with Gasteiger partial charge in [0.2, 0.25) is 0 Å². The Labute approximate surface area is 74.5 Å². The Bertz CT molecular complexity index is 194. The van der Waals surface area contributed by atoms with Crippen LogP contribution in [0.15, 0.2) is 0 Å². The van der Waals surface area contributed by atoms with Crippen molar-refractivity contribution in [3.8, 4) is 0 Å². The van der Waals surface area contributed by atoms with Gasteiger partial charge in [0.25, 0.3) is 0 Å². The normalized spacial score (nSPS) is 12.9. The topological polar surface area (TPSA) is 34.1 Å². The first-order valence-electron chi connectivity index (χ1n) is 2.35. The molecule has 0 fully saturated rings. The SMILES string of the molecule is FC(F)(F)C(F)(F)C(F)(F)F.O=S=O. The van der Waals surface area contributed by atoms with Gasteiger partial charge < -0.3 is 0 Å². The van der Waals surface area contributed by atoms with Gasteiger partial charge in [0, 0.05) is 0 Å². The lowest BCUT2D eigenvalue weighted by molar-refractivity contribution is -0.389. The maximum atomic E-state index is 11.2. The van der Waals surface area contributed by atoms with Crippen LogP contribution in [0, 0.1) is 0 Å². The van der Waals surface area contributed by atoms with E-state index in [1.807, 2.05) is 0 Å². The van der Waals surface area contributed by atoms with Gasteiger partial charge in [-0.2, -0.15) is 43.5 Å². The molecule has 0 aliphatic carbocycles. The fourth-order valence-corrected chi connectivity index (χ4v) is 0.161. The van der Waals surface area contributed by atoms with Gasteiger partial charge in [-0.1, -0.05) is 0 Å². The molecule has 0 saturated carbocycles. The van der Waals surface area contributed by atoms with Crippen molar-refractivity contribution >= 4 is 11.6 Å². The summed E-state index contributed by atoms with van der Waals surface area (Å²) in [7, 11) is 0. The molecule has 0 atom stereocenters. The molecular formula is C3F8O2S. The maximum Gasteiger partial charge on any atom is 0.463 e. The second kappa shape index (κ2) is 4.66. The molecule has 2 nitrogen and oxygen atoms in total. The van der Waals surface area contributed by atoms with Gasteiger partial charge in [0.05, 0.1) is 0 Å². The second-order valence-electron chi connectivity index (χ2n) is 1.64. The molecule has 0 aliphatic rings. The predicted octanol–water partition coefficient (Wildman–Crippen LogP) is 2.08. The molecule has 0 bridgehead atoms. The highest BCUT2D eigenvalue weighted by atomic mass is 32.1. The lowest BCUT2D eigenvalue weighted by Crippen LogP contribution is -2.49. The number of alkyl halides is 8. The molecule has 0 rings (SSSR count). The van der Waals surface area contributed by atoms with Crippen LogP contribution in [-0.4, -0.2) is 26.7 Å². The third-order valence-electron chi connectivity index (χ3n) is 0.712. The largest absolute Gasteiger partial charge is 0.463 e. The lowest BCUT2D eigenvalue weighted by atomic mass is 10.3. The van der Waals surface area contributed by atoms with Crippen molar-refractivity contribution < 1.29 is 43.5 Å². The number of hydrogen-bond acceptors (Lipinski definition) is 2. The molecule has 0 radical (unpaired) electrons. The third kappa shape index (κ3) is 3.98. The molecule has 14 heavy (non-hydrogen) atoms. The monoisotopic (exact) mass is 252 g/mol. The highest BCUT2D eigenvalue weighted by molar-refractivity contribution is 7.51. The molecule has 86 valence electrons. The zero-order valence-electron chi connectivity index (χ0n) is 5.75. The van der Waals surface area contributed by atoms with Crippen LogP contribution in [0.25, 0.3) is 0 Å². The van der Waals surface area contributed by atoms with Crippen LogP contribution in [0.1, 0.15) is 0 Å². The van der Waals surface area contributed by atoms with Crippen molar-refractivity contribution in [2.45, 2.75) is 18.3 Å². The van der Waals surface area contributed by atoms with Gasteiger partial charge in [-0.3, -0.25) is 0 Å². The van der Waals surface area contributed by atoms with Gasteiger partial charge in [0.15, 0.2) is 0 Å². The van der Waals surface area contributed by atoms with Crippen LogP contribution >= 0.6 is 0 Å². The highest BCUT2D eigenvalue weighted by Gasteiger charge is 2.74. The van der Waals surface area contributed by atoms with Gasteiger partial charge in [0.1, 0.15) is 0 Å². The lowest BCUT2D eigenvalue weighted by Gasteiger charge is -2.21. The first-order chi connectivity index (χ1) is 5.91. The van der Waals surface area contributed by atoms with Crippen LogP contribution in [0.5, 0.6) is 0 Å². The summed E-state index contributed by atoms with van der Waals surface area (Å²) in [6.07, 6.45) is -13.2. The molecule has 0 aromatic heterocycles. The van der Waals surface area contributed by atoms with Crippen LogP contribution in [0.2, 0.25) is 0 Å². The summed E-state index contributed by atoms with van der Waals surface area (Å²) in [5.41, 5.74) is 0. The fourth-order valence-electron chi connectivity index (χ4n) is 0.161. The number of halogens is 8. The third-order valence-corrected chi connectivity index (χ3v) is 0.712. The van der Waals surface area contributed by atoms with Crippen molar-refractivity contribution in [3.05, 3.63) is 0 Å². The minimum absolute atomic E-state index is 0.750. The van der Waals surface area contributed by atoms with E-state index in [9.17, 15) is 35.1 Å². The quantitative estimate of drug-likeness (QED) is 0.618. The van der Waals surface area contributed by atoms with E-state index in [4.69, 9.17) is 8.42 Å². The first kappa shape index (κ1) is 15.7. The Balaban J connectivity index is 0. The number of rotatable bonds is 0. The van der Waals surface area contributed by atoms with Crippen molar-refractivity contribution in [2.75, 3.05) is 0 Å². The summed E-state index contributed by atoms with van der Waals surface area (Å²) in [5, 5.41) is 0. The second-order valence-corrected chi connectivity index (χ2v) is 1.77. The number of hydrogen-bond donors (Lipinski definition) is 0. The van der Waals surface area contributed by atoms with Crippen molar-refractivity contribution in [3.63, 3.8) is 0 Å². The van der Waals surface area contributed by atoms with Crippen LogP contribution in [-0.2, 0) is 11.6 Å². The van der Waals surface area contributed by atoms with Crippen molar-refractivity contribution in [1.29, 1.82) is 0 Å². The van der Waals surface area contributed by atoms with E-state index in [-0.39, 0.29) is 0 Å². The van der Waals surface area contributed by atoms with E-state index in [0.29, 0.717) is 0 Å². The van der Waals surface area contributed by atoms with E-state index in [0.717, 1.165) is 0 Å². The van der Waals surface area contributed by atoms with E-state index in [2.05, 4.69) is 0 Å². The molecule has 11 heteroatoms. The summed E-state index contributed by atoms with van der Waals surface area (Å²) >= 11 is -0.750. The van der Waals surface area contributed by atoms with Gasteiger partial charge in [-0.15, -0.1) is 0 Å². The van der Waals surface area contributed by atoms with E-state index >= 15 is 0 Å². The van der Waals surface area contributed by atoms with E-state index in [1.165, 1.54) is 0 Å². The summed E-state index contributed by atoms with van der Waals surface area (Å²) in [4.78, 5) is 0. The standard InChI is InChI=1S/C3F8.O2S/c4-1(5,2(6,7)8)3(9,10)11;1-3-2. The minimum Gasteiger partial charge on any atom is -0.186 e. The fraction of sp³-hybridized carbons (Fsp3) is 1.00. The average molecular weight is 252 g/mol. The van der Waals surface area contributed by atoms with E-state index < -0.39 is 29.8 Å². The Morgan fingerprint density at radius 3 is 0.786 bits per heavy atom. The Kier molecular flexibility index (Phi) is 5.23. The molecule has 0 aromatic carbocycles. The highest BCUT2D eigenvalue weighted by Crippen LogP contribution is 2.46. The molecular weight excluding hydrogens is 252 g/mol. The molecule has 0 N–H and O–H groups in total. The zero-order valence-corrected chi connectivity index (χ0v) is 6.56. The Morgan fingerprint density at radius 2 is 0.786 bits per heavy atom. The van der Waals surface area contributed by atoms with Crippen molar-refractivity contribution in [2.24, 2.45) is 0 Å². The summed E-state index contributed by atoms with van der Waals surface area (Å²) in [5.74, 6) is -6.62. The molecule has 0 saturated heterocycles. The molecule has 0 heterocycles. The van der Waals surface area contributed by atoms with Crippen molar-refractivity contribution in [1.82, 2.24) is 0 Å². The van der Waals surface area contributed by atoms with Crippen LogP contribution in [0.4, 0.5) is 35.1 Å². The maximum absolute atomic E-state index is 11.2. The van der Waals surface area contributed by atoms with Crippen LogP contribution in [0.3, 0.4) is 0 Å². The van der Waals surface area contributed by atoms with E-state index in [1.54, 1.807) is 0 Å². The summed E-state index contributed by atoms with van der Waals surface area (Å²) < 4.78 is 104. The average Bonchev–Trinajstić information content (AvgIpc) is 1.83. The van der Waals surface area contributed by atoms with Gasteiger partial charge >= 0.3 is 29.8 Å². The first-order valence-corrected chi connectivity index (χ1v) is 3.01. The zero-order chi connectivity index (χ0) is 12.2. The summed E-state index contributed by atoms with van der Waals surface area (Å²) in [6, 6.07) is 0. The minimum atomic E-state index is -6.62. The molecule has 0 amide bonds. The Morgan fingerprint density at radius 1 is 0.643 bits per heavy atom. The molecule has 0 unspecified atom stereocenters. The molecule has 0 spiro atoms. The van der Waals surface area contributed by atoms with Gasteiger partial charge in [-0.05, 0) is 0 Å².